The van der Waals surface area contributed by atoms with Gasteiger partial charge in [0.2, 0.25) is 0 Å². The first kappa shape index (κ1) is 13.1. The molecular weight excluding hydrogens is 228 g/mol. The molecule has 18 heavy (non-hydrogen) atoms. The van der Waals surface area contributed by atoms with E-state index in [1.54, 1.807) is 0 Å². The van der Waals surface area contributed by atoms with Crippen molar-refractivity contribution in [3.8, 4) is 5.75 Å². The van der Waals surface area contributed by atoms with E-state index >= 15 is 0 Å². The molecule has 1 fully saturated rings. The number of ether oxygens (including phenoxy) is 2. The fourth-order valence-electron chi connectivity index (χ4n) is 2.07. The number of rotatable bonds is 5. The van der Waals surface area contributed by atoms with Crippen molar-refractivity contribution in [3.63, 3.8) is 0 Å². The zero-order valence-corrected chi connectivity index (χ0v) is 10.9. The van der Waals surface area contributed by atoms with Crippen LogP contribution < -0.4 is 4.74 Å². The van der Waals surface area contributed by atoms with Crippen molar-refractivity contribution in [2.75, 3.05) is 13.2 Å². The van der Waals surface area contributed by atoms with Gasteiger partial charge in [-0.15, -0.1) is 0 Å². The summed E-state index contributed by atoms with van der Waals surface area (Å²) in [4.78, 5) is 11.5. The van der Waals surface area contributed by atoms with Crippen molar-refractivity contribution in [2.24, 2.45) is 0 Å². The molecule has 0 spiro atoms. The van der Waals surface area contributed by atoms with Gasteiger partial charge < -0.3 is 9.47 Å². The Hall–Kier alpha value is -1.35. The second-order valence-electron chi connectivity index (χ2n) is 4.60. The Bertz CT molecular complexity index is 377. The molecule has 3 nitrogen and oxygen atoms in total. The second-order valence-corrected chi connectivity index (χ2v) is 4.60. The summed E-state index contributed by atoms with van der Waals surface area (Å²) >= 11 is 0. The molecule has 0 aliphatic carbocycles. The largest absolute Gasteiger partial charge is 0.491 e. The first-order valence-electron chi connectivity index (χ1n) is 6.67. The lowest BCUT2D eigenvalue weighted by molar-refractivity contribution is -0.0110. The van der Waals surface area contributed by atoms with Crippen LogP contribution in [0.1, 0.15) is 43.0 Å². The van der Waals surface area contributed by atoms with Gasteiger partial charge in [0.1, 0.15) is 12.4 Å². The summed E-state index contributed by atoms with van der Waals surface area (Å²) in [5.74, 6) is 0.967. The Balaban J connectivity index is 1.84. The van der Waals surface area contributed by atoms with Crippen molar-refractivity contribution in [3.05, 3.63) is 29.8 Å². The number of carbonyl (C=O) groups is 1. The smallest absolute Gasteiger partial charge is 0.162 e. The molecule has 1 aliphatic heterocycles. The average molecular weight is 248 g/mol. The van der Waals surface area contributed by atoms with E-state index in [1.807, 2.05) is 31.2 Å². The minimum Gasteiger partial charge on any atom is -0.491 e. The zero-order valence-electron chi connectivity index (χ0n) is 10.9. The van der Waals surface area contributed by atoms with Crippen LogP contribution in [0.3, 0.4) is 0 Å². The Morgan fingerprint density at radius 3 is 2.72 bits per heavy atom. The topological polar surface area (TPSA) is 35.5 Å². The molecule has 0 aromatic heterocycles. The third-order valence-electron chi connectivity index (χ3n) is 3.21. The van der Waals surface area contributed by atoms with Crippen LogP contribution in [-0.4, -0.2) is 25.1 Å². The Morgan fingerprint density at radius 2 is 2.11 bits per heavy atom. The van der Waals surface area contributed by atoms with Crippen LogP contribution in [0, 0.1) is 0 Å². The van der Waals surface area contributed by atoms with Crippen LogP contribution in [0.25, 0.3) is 0 Å². The van der Waals surface area contributed by atoms with Crippen molar-refractivity contribution in [1.82, 2.24) is 0 Å². The van der Waals surface area contributed by atoms with Gasteiger partial charge in [-0.2, -0.15) is 0 Å². The van der Waals surface area contributed by atoms with Crippen LogP contribution in [-0.2, 0) is 4.74 Å². The van der Waals surface area contributed by atoms with Gasteiger partial charge in [-0.05, 0) is 43.5 Å². The maximum Gasteiger partial charge on any atom is 0.162 e. The molecule has 0 bridgehead atoms. The highest BCUT2D eigenvalue weighted by molar-refractivity contribution is 5.95. The molecule has 98 valence electrons. The van der Waals surface area contributed by atoms with Crippen LogP contribution in [0.2, 0.25) is 0 Å². The summed E-state index contributed by atoms with van der Waals surface area (Å²) in [7, 11) is 0. The maximum absolute atomic E-state index is 11.5. The van der Waals surface area contributed by atoms with Gasteiger partial charge >= 0.3 is 0 Å². The molecule has 1 aliphatic rings. The van der Waals surface area contributed by atoms with Crippen LogP contribution in [0.15, 0.2) is 24.3 Å². The highest BCUT2D eigenvalue weighted by atomic mass is 16.5. The van der Waals surface area contributed by atoms with E-state index in [0.29, 0.717) is 13.0 Å². The van der Waals surface area contributed by atoms with E-state index in [4.69, 9.17) is 9.47 Å². The molecule has 3 heteroatoms. The predicted octanol–water partition coefficient (Wildman–Crippen LogP) is 3.23. The maximum atomic E-state index is 11.5. The highest BCUT2D eigenvalue weighted by Gasteiger charge is 2.14. The minimum atomic E-state index is 0.164. The lowest BCUT2D eigenvalue weighted by atomic mass is 10.1. The highest BCUT2D eigenvalue weighted by Crippen LogP contribution is 2.17. The Kier molecular flexibility index (Phi) is 4.76. The minimum absolute atomic E-state index is 0.164. The molecule has 2 rings (SSSR count). The van der Waals surface area contributed by atoms with E-state index in [2.05, 4.69) is 0 Å². The van der Waals surface area contributed by atoms with Gasteiger partial charge in [0.15, 0.2) is 5.78 Å². The van der Waals surface area contributed by atoms with E-state index in [9.17, 15) is 4.79 Å². The summed E-state index contributed by atoms with van der Waals surface area (Å²) in [6.07, 6.45) is 4.21. The molecular formula is C15H20O3. The molecule has 0 N–H and O–H groups in total. The summed E-state index contributed by atoms with van der Waals surface area (Å²) in [6, 6.07) is 7.35. The average Bonchev–Trinajstić information content (AvgIpc) is 2.46. The van der Waals surface area contributed by atoms with Crippen molar-refractivity contribution in [1.29, 1.82) is 0 Å². The van der Waals surface area contributed by atoms with Crippen LogP contribution in [0.4, 0.5) is 0 Å². The normalized spacial score (nSPS) is 19.5. The van der Waals surface area contributed by atoms with Gasteiger partial charge in [-0.3, -0.25) is 4.79 Å². The van der Waals surface area contributed by atoms with Crippen LogP contribution >= 0.6 is 0 Å². The Labute approximate surface area is 108 Å². The van der Waals surface area contributed by atoms with Crippen molar-refractivity contribution >= 4 is 5.78 Å². The van der Waals surface area contributed by atoms with Crippen LogP contribution in [0.5, 0.6) is 5.75 Å². The molecule has 1 unspecified atom stereocenters. The lowest BCUT2D eigenvalue weighted by Gasteiger charge is -2.22. The fourth-order valence-corrected chi connectivity index (χ4v) is 2.07. The summed E-state index contributed by atoms with van der Waals surface area (Å²) in [5, 5.41) is 0. The van der Waals surface area contributed by atoms with E-state index in [-0.39, 0.29) is 11.9 Å². The number of ketones is 1. The molecule has 1 heterocycles. The Morgan fingerprint density at radius 1 is 1.33 bits per heavy atom. The molecule has 1 atom stereocenters. The summed E-state index contributed by atoms with van der Waals surface area (Å²) in [5.41, 5.74) is 0.749. The SMILES string of the molecule is CCC(=O)c1ccc(OCC2CCCCO2)cc1. The third kappa shape index (κ3) is 3.57. The number of hydrogen-bond donors (Lipinski definition) is 0. The number of hydrogen-bond acceptors (Lipinski definition) is 3. The predicted molar refractivity (Wildman–Crippen MR) is 70.1 cm³/mol. The van der Waals surface area contributed by atoms with Gasteiger partial charge in [-0.25, -0.2) is 0 Å². The van der Waals surface area contributed by atoms with E-state index in [1.165, 1.54) is 6.42 Å². The molecule has 1 saturated heterocycles. The monoisotopic (exact) mass is 248 g/mol. The van der Waals surface area contributed by atoms with E-state index in [0.717, 1.165) is 30.8 Å². The lowest BCUT2D eigenvalue weighted by Crippen LogP contribution is -2.25. The van der Waals surface area contributed by atoms with E-state index < -0.39 is 0 Å². The molecule has 1 aromatic carbocycles. The number of carbonyl (C=O) groups excluding carboxylic acids is 1. The number of Topliss-reactive ketones (excluding diaryl/α,β-unsaturated/α-hetero) is 1. The molecule has 0 radical (unpaired) electrons. The molecule has 1 aromatic rings. The van der Waals surface area contributed by atoms with Gasteiger partial charge in [-0.1, -0.05) is 6.92 Å². The second kappa shape index (κ2) is 6.55. The first-order chi connectivity index (χ1) is 8.79. The standard InChI is InChI=1S/C15H20O3/c1-2-15(16)12-6-8-13(9-7-12)18-11-14-5-3-4-10-17-14/h6-9,14H,2-5,10-11H2,1H3. The number of benzene rings is 1. The fraction of sp³-hybridized carbons (Fsp3) is 0.533. The van der Waals surface area contributed by atoms with Gasteiger partial charge in [0.05, 0.1) is 6.10 Å². The zero-order chi connectivity index (χ0) is 12.8. The summed E-state index contributed by atoms with van der Waals surface area (Å²) < 4.78 is 11.3. The molecule has 0 amide bonds. The van der Waals surface area contributed by atoms with Crippen molar-refractivity contribution < 1.29 is 14.3 Å². The third-order valence-corrected chi connectivity index (χ3v) is 3.21. The quantitative estimate of drug-likeness (QED) is 0.750. The molecule has 0 saturated carbocycles. The van der Waals surface area contributed by atoms with Gasteiger partial charge in [0.25, 0.3) is 0 Å². The van der Waals surface area contributed by atoms with Crippen molar-refractivity contribution in [2.45, 2.75) is 38.7 Å². The first-order valence-corrected chi connectivity index (χ1v) is 6.67. The summed E-state index contributed by atoms with van der Waals surface area (Å²) in [6.45, 7) is 3.31. The van der Waals surface area contributed by atoms with Gasteiger partial charge in [0, 0.05) is 18.6 Å².